The zero-order valence-electron chi connectivity index (χ0n) is 9.01. The van der Waals surface area contributed by atoms with Gasteiger partial charge in [0.1, 0.15) is 11.8 Å². The van der Waals surface area contributed by atoms with E-state index in [0.717, 1.165) is 0 Å². The Morgan fingerprint density at radius 3 is 2.75 bits per heavy atom. The van der Waals surface area contributed by atoms with E-state index in [1.165, 1.54) is 7.11 Å². The average molecular weight is 225 g/mol. The van der Waals surface area contributed by atoms with Crippen molar-refractivity contribution in [3.63, 3.8) is 0 Å². The third-order valence-electron chi connectivity index (χ3n) is 2.20. The molecule has 1 rings (SSSR count). The quantitative estimate of drug-likeness (QED) is 0.615. The highest BCUT2D eigenvalue weighted by atomic mass is 16.5. The first-order chi connectivity index (χ1) is 7.69. The molecule has 0 bridgehead atoms. The molecule has 0 aliphatic carbocycles. The fourth-order valence-corrected chi connectivity index (χ4v) is 1.26. The fourth-order valence-electron chi connectivity index (χ4n) is 1.26. The van der Waals surface area contributed by atoms with Gasteiger partial charge in [0.15, 0.2) is 0 Å². The van der Waals surface area contributed by atoms with Crippen molar-refractivity contribution >= 4 is 5.97 Å². The van der Waals surface area contributed by atoms with Crippen molar-refractivity contribution in [1.82, 2.24) is 5.32 Å². The van der Waals surface area contributed by atoms with Gasteiger partial charge in [0.25, 0.3) is 0 Å². The second-order valence-electron chi connectivity index (χ2n) is 3.27. The van der Waals surface area contributed by atoms with Gasteiger partial charge in [-0.3, -0.25) is 10.1 Å². The summed E-state index contributed by atoms with van der Waals surface area (Å²) in [7, 11) is 1.26. The number of phenolic OH excluding ortho intramolecular Hbond substituents is 1. The van der Waals surface area contributed by atoms with Crippen LogP contribution in [-0.4, -0.2) is 35.9 Å². The molecule has 5 nitrogen and oxygen atoms in total. The summed E-state index contributed by atoms with van der Waals surface area (Å²) in [6.45, 7) is -0.0622. The topological polar surface area (TPSA) is 78.8 Å². The fraction of sp³-hybridized carbons (Fsp3) is 0.364. The maximum Gasteiger partial charge on any atom is 0.325 e. The Labute approximate surface area is 93.7 Å². The number of esters is 1. The molecule has 0 aliphatic rings. The summed E-state index contributed by atoms with van der Waals surface area (Å²) in [4.78, 5) is 11.1. The molecule has 3 N–H and O–H groups in total. The first-order valence-electron chi connectivity index (χ1n) is 4.88. The first kappa shape index (κ1) is 12.5. The van der Waals surface area contributed by atoms with Crippen LogP contribution in [0.3, 0.4) is 0 Å². The Morgan fingerprint density at radius 2 is 2.19 bits per heavy atom. The minimum atomic E-state index is -0.774. The number of phenols is 1. The van der Waals surface area contributed by atoms with Gasteiger partial charge in [-0.1, -0.05) is 18.2 Å². The Balaban J connectivity index is 2.56. The van der Waals surface area contributed by atoms with Crippen LogP contribution in [0, 0.1) is 0 Å². The molecule has 0 fully saturated rings. The number of hydrogen-bond acceptors (Lipinski definition) is 5. The van der Waals surface area contributed by atoms with E-state index in [1.54, 1.807) is 24.3 Å². The highest BCUT2D eigenvalue weighted by Crippen LogP contribution is 2.14. The van der Waals surface area contributed by atoms with Crippen molar-refractivity contribution in [3.8, 4) is 5.75 Å². The summed E-state index contributed by atoms with van der Waals surface area (Å²) in [5.41, 5.74) is 0.657. The number of carbonyl (C=O) groups excluding carboxylic acids is 1. The van der Waals surface area contributed by atoms with Crippen LogP contribution in [0.25, 0.3) is 0 Å². The van der Waals surface area contributed by atoms with Gasteiger partial charge < -0.3 is 14.9 Å². The Kier molecular flexibility index (Phi) is 4.75. The predicted molar refractivity (Wildman–Crippen MR) is 57.8 cm³/mol. The molecule has 1 unspecified atom stereocenters. The molecule has 5 heteroatoms. The van der Waals surface area contributed by atoms with Crippen LogP contribution in [0.4, 0.5) is 0 Å². The lowest BCUT2D eigenvalue weighted by molar-refractivity contribution is -0.144. The predicted octanol–water partition coefficient (Wildman–Crippen LogP) is 0.0157. The molecule has 0 aromatic heterocycles. The van der Waals surface area contributed by atoms with Crippen molar-refractivity contribution < 1.29 is 19.7 Å². The molecule has 0 aliphatic heterocycles. The van der Waals surface area contributed by atoms with Crippen molar-refractivity contribution in [3.05, 3.63) is 29.8 Å². The van der Waals surface area contributed by atoms with Gasteiger partial charge in [-0.2, -0.15) is 0 Å². The number of aromatic hydroxyl groups is 1. The van der Waals surface area contributed by atoms with Crippen LogP contribution in [0.1, 0.15) is 5.56 Å². The van der Waals surface area contributed by atoms with Crippen LogP contribution in [0.2, 0.25) is 0 Å². The molecule has 1 atom stereocenters. The lowest BCUT2D eigenvalue weighted by atomic mass is 10.2. The number of para-hydroxylation sites is 1. The standard InChI is InChI=1S/C11H15NO4/c1-16-11(15)9(7-13)12-6-8-4-2-3-5-10(8)14/h2-5,9,12-14H,6-7H2,1H3. The van der Waals surface area contributed by atoms with Crippen LogP contribution >= 0.6 is 0 Å². The van der Waals surface area contributed by atoms with E-state index in [1.807, 2.05) is 0 Å². The highest BCUT2D eigenvalue weighted by molar-refractivity contribution is 5.75. The Bertz CT molecular complexity index is 354. The summed E-state index contributed by atoms with van der Waals surface area (Å²) >= 11 is 0. The number of carbonyl (C=O) groups is 1. The zero-order chi connectivity index (χ0) is 12.0. The van der Waals surface area contributed by atoms with E-state index >= 15 is 0 Å². The van der Waals surface area contributed by atoms with Gasteiger partial charge in [0, 0.05) is 12.1 Å². The lowest BCUT2D eigenvalue weighted by Crippen LogP contribution is -2.40. The second kappa shape index (κ2) is 6.09. The molecule has 0 saturated carbocycles. The minimum Gasteiger partial charge on any atom is -0.508 e. The molecule has 16 heavy (non-hydrogen) atoms. The number of rotatable bonds is 5. The first-order valence-corrected chi connectivity index (χ1v) is 4.88. The summed E-state index contributed by atoms with van der Waals surface area (Å²) in [6, 6.07) is 6.01. The Hall–Kier alpha value is -1.59. The number of aliphatic hydroxyl groups excluding tert-OH is 1. The maximum absolute atomic E-state index is 11.1. The summed E-state index contributed by atoms with van der Waals surface area (Å²) in [5, 5.41) is 21.2. The summed E-state index contributed by atoms with van der Waals surface area (Å²) in [5.74, 6) is -0.380. The lowest BCUT2D eigenvalue weighted by Gasteiger charge is -2.14. The second-order valence-corrected chi connectivity index (χ2v) is 3.27. The van der Waals surface area contributed by atoms with Crippen LogP contribution in [-0.2, 0) is 16.1 Å². The molecule has 0 amide bonds. The number of methoxy groups -OCH3 is 1. The number of nitrogens with one attached hydrogen (secondary N) is 1. The van der Waals surface area contributed by atoms with E-state index in [9.17, 15) is 9.90 Å². The minimum absolute atomic E-state index is 0.150. The van der Waals surface area contributed by atoms with Crippen molar-refractivity contribution in [1.29, 1.82) is 0 Å². The van der Waals surface area contributed by atoms with Crippen molar-refractivity contribution in [2.75, 3.05) is 13.7 Å². The van der Waals surface area contributed by atoms with Gasteiger partial charge in [0.2, 0.25) is 0 Å². The third kappa shape index (κ3) is 3.22. The number of hydrogen-bond donors (Lipinski definition) is 3. The third-order valence-corrected chi connectivity index (χ3v) is 2.20. The van der Waals surface area contributed by atoms with Gasteiger partial charge in [-0.25, -0.2) is 0 Å². The van der Waals surface area contributed by atoms with Crippen LogP contribution in [0.15, 0.2) is 24.3 Å². The molecule has 1 aromatic rings. The molecule has 1 aromatic carbocycles. The van der Waals surface area contributed by atoms with E-state index in [-0.39, 0.29) is 18.9 Å². The van der Waals surface area contributed by atoms with Gasteiger partial charge in [0.05, 0.1) is 13.7 Å². The highest BCUT2D eigenvalue weighted by Gasteiger charge is 2.17. The largest absolute Gasteiger partial charge is 0.508 e. The van der Waals surface area contributed by atoms with Crippen molar-refractivity contribution in [2.45, 2.75) is 12.6 Å². The van der Waals surface area contributed by atoms with E-state index in [4.69, 9.17) is 5.11 Å². The number of aliphatic hydroxyl groups is 1. The molecular weight excluding hydrogens is 210 g/mol. The Morgan fingerprint density at radius 1 is 1.50 bits per heavy atom. The average Bonchev–Trinajstić information content (AvgIpc) is 2.31. The van der Waals surface area contributed by atoms with E-state index in [0.29, 0.717) is 5.56 Å². The van der Waals surface area contributed by atoms with Crippen LogP contribution < -0.4 is 5.32 Å². The normalized spacial score (nSPS) is 12.1. The molecule has 88 valence electrons. The van der Waals surface area contributed by atoms with Gasteiger partial charge in [-0.05, 0) is 6.07 Å². The summed E-state index contributed by atoms with van der Waals surface area (Å²) < 4.78 is 4.50. The SMILES string of the molecule is COC(=O)C(CO)NCc1ccccc1O. The monoisotopic (exact) mass is 225 g/mol. The van der Waals surface area contributed by atoms with E-state index in [2.05, 4.69) is 10.1 Å². The molecule has 0 saturated heterocycles. The molecule has 0 spiro atoms. The van der Waals surface area contributed by atoms with Crippen LogP contribution in [0.5, 0.6) is 5.75 Å². The molecular formula is C11H15NO4. The van der Waals surface area contributed by atoms with Crippen molar-refractivity contribution in [2.24, 2.45) is 0 Å². The maximum atomic E-state index is 11.1. The van der Waals surface area contributed by atoms with E-state index < -0.39 is 12.0 Å². The molecule has 0 heterocycles. The number of benzene rings is 1. The van der Waals surface area contributed by atoms with Gasteiger partial charge >= 0.3 is 5.97 Å². The number of ether oxygens (including phenoxy) is 1. The smallest absolute Gasteiger partial charge is 0.325 e. The summed E-state index contributed by atoms with van der Waals surface area (Å²) in [6.07, 6.45) is 0. The molecule has 0 radical (unpaired) electrons. The van der Waals surface area contributed by atoms with Gasteiger partial charge in [-0.15, -0.1) is 0 Å². The zero-order valence-corrected chi connectivity index (χ0v) is 9.01.